The Morgan fingerprint density at radius 3 is 2.84 bits per heavy atom. The van der Waals surface area contributed by atoms with Gasteiger partial charge in [0.15, 0.2) is 5.70 Å². The zero-order chi connectivity index (χ0) is 18.6. The number of rotatable bonds is 4. The smallest absolute Gasteiger partial charge is 0.358 e. The molecule has 0 fully saturated rings. The first-order valence-electron chi connectivity index (χ1n) is 7.76. The van der Waals surface area contributed by atoms with Gasteiger partial charge in [0.1, 0.15) is 5.82 Å². The van der Waals surface area contributed by atoms with Crippen molar-refractivity contribution in [2.45, 2.75) is 6.92 Å². The van der Waals surface area contributed by atoms with Gasteiger partial charge in [-0.3, -0.25) is 4.79 Å². The van der Waals surface area contributed by atoms with Crippen LogP contribution in [0.2, 0.25) is 0 Å². The molecule has 0 saturated heterocycles. The third-order valence-electron chi connectivity index (χ3n) is 3.41. The number of nitrogens with one attached hydrogen (secondary N) is 1. The molecule has 0 saturated carbocycles. The van der Waals surface area contributed by atoms with Crippen molar-refractivity contribution in [2.24, 2.45) is 4.99 Å². The lowest BCUT2D eigenvalue weighted by Crippen LogP contribution is -2.28. The molecular weight excluding hydrogens is 327 g/mol. The number of aliphatic imine (C=N–C) groups is 1. The van der Waals surface area contributed by atoms with Crippen molar-refractivity contribution >= 4 is 23.9 Å². The highest BCUT2D eigenvalue weighted by molar-refractivity contribution is 6.01. The fraction of sp³-hybridized carbons (Fsp3) is 0.353. The summed E-state index contributed by atoms with van der Waals surface area (Å²) in [5.41, 5.74) is 1.06. The van der Waals surface area contributed by atoms with Gasteiger partial charge >= 0.3 is 5.97 Å². The zero-order valence-electron chi connectivity index (χ0n) is 14.7. The van der Waals surface area contributed by atoms with E-state index in [0.29, 0.717) is 11.4 Å². The summed E-state index contributed by atoms with van der Waals surface area (Å²) < 4.78 is 18.6. The Morgan fingerprint density at radius 1 is 1.48 bits per heavy atom. The fourth-order valence-electron chi connectivity index (χ4n) is 2.28. The summed E-state index contributed by atoms with van der Waals surface area (Å²) in [5.74, 6) is -1.46. The second-order valence-corrected chi connectivity index (χ2v) is 5.73. The quantitative estimate of drug-likeness (QED) is 0.388. The van der Waals surface area contributed by atoms with E-state index in [9.17, 15) is 14.0 Å². The van der Waals surface area contributed by atoms with Crippen LogP contribution in [0, 0.1) is 5.82 Å². The number of anilines is 1. The van der Waals surface area contributed by atoms with E-state index in [1.165, 1.54) is 23.4 Å². The van der Waals surface area contributed by atoms with E-state index >= 15 is 0 Å². The van der Waals surface area contributed by atoms with Gasteiger partial charge in [-0.25, -0.2) is 14.2 Å². The Bertz CT molecular complexity index is 743. The minimum atomic E-state index is -0.602. The Balaban J connectivity index is 2.55. The van der Waals surface area contributed by atoms with Gasteiger partial charge in [-0.1, -0.05) is 0 Å². The Hall–Kier alpha value is -2.90. The maximum absolute atomic E-state index is 13.5. The highest BCUT2D eigenvalue weighted by Crippen LogP contribution is 2.26. The van der Waals surface area contributed by atoms with Crippen LogP contribution in [0.15, 0.2) is 34.6 Å². The number of fused-ring (bicyclic) bond motifs is 1. The maximum atomic E-state index is 13.5. The van der Waals surface area contributed by atoms with E-state index in [-0.39, 0.29) is 30.3 Å². The lowest BCUT2D eigenvalue weighted by atomic mass is 10.1. The second-order valence-electron chi connectivity index (χ2n) is 5.73. The molecule has 1 N–H and O–H groups in total. The van der Waals surface area contributed by atoms with Crippen LogP contribution in [0.4, 0.5) is 10.1 Å². The molecular formula is C17H21FN4O3. The number of likely N-dealkylation sites (N-methyl/N-ethyl adjacent to an activating group) is 1. The molecule has 0 bridgehead atoms. The number of esters is 1. The van der Waals surface area contributed by atoms with E-state index < -0.39 is 11.8 Å². The molecule has 1 aromatic rings. The normalized spacial score (nSPS) is 16.2. The van der Waals surface area contributed by atoms with Crippen LogP contribution in [0.1, 0.15) is 17.3 Å². The van der Waals surface area contributed by atoms with Crippen molar-refractivity contribution in [3.8, 4) is 0 Å². The van der Waals surface area contributed by atoms with E-state index in [4.69, 9.17) is 4.74 Å². The number of halogens is 1. The molecule has 1 aromatic carbocycles. The van der Waals surface area contributed by atoms with Crippen molar-refractivity contribution < 1.29 is 18.7 Å². The SMILES string of the molecule is CCOC(=O)/C(N=CN(C)C)=C1\CN(C)C(=O)c2cc(F)ccc2N1. The Morgan fingerprint density at radius 2 is 2.20 bits per heavy atom. The molecule has 0 aromatic heterocycles. The molecule has 0 unspecified atom stereocenters. The number of carbonyl (C=O) groups excluding carboxylic acids is 2. The second kappa shape index (κ2) is 7.78. The highest BCUT2D eigenvalue weighted by atomic mass is 19.1. The van der Waals surface area contributed by atoms with Gasteiger partial charge in [0.2, 0.25) is 0 Å². The Labute approximate surface area is 145 Å². The lowest BCUT2D eigenvalue weighted by molar-refractivity contribution is -0.138. The van der Waals surface area contributed by atoms with E-state index in [2.05, 4.69) is 10.3 Å². The van der Waals surface area contributed by atoms with Crippen LogP contribution in [0.25, 0.3) is 0 Å². The molecule has 8 heteroatoms. The first-order valence-corrected chi connectivity index (χ1v) is 7.76. The predicted octanol–water partition coefficient (Wildman–Crippen LogP) is 1.69. The summed E-state index contributed by atoms with van der Waals surface area (Å²) in [4.78, 5) is 32.0. The van der Waals surface area contributed by atoms with Crippen molar-refractivity contribution in [3.63, 3.8) is 0 Å². The monoisotopic (exact) mass is 348 g/mol. The van der Waals surface area contributed by atoms with Crippen molar-refractivity contribution in [2.75, 3.05) is 39.6 Å². The van der Waals surface area contributed by atoms with Crippen molar-refractivity contribution in [3.05, 3.63) is 41.0 Å². The summed E-state index contributed by atoms with van der Waals surface area (Å²) in [5, 5.41) is 3.03. The van der Waals surface area contributed by atoms with E-state index in [1.807, 2.05) is 0 Å². The third-order valence-corrected chi connectivity index (χ3v) is 3.41. The maximum Gasteiger partial charge on any atom is 0.358 e. The molecule has 1 amide bonds. The minimum Gasteiger partial charge on any atom is -0.461 e. The van der Waals surface area contributed by atoms with Gasteiger partial charge in [-0.2, -0.15) is 0 Å². The van der Waals surface area contributed by atoms with Crippen LogP contribution in [0.3, 0.4) is 0 Å². The number of amides is 1. The van der Waals surface area contributed by atoms with Crippen molar-refractivity contribution in [1.29, 1.82) is 0 Å². The summed E-state index contributed by atoms with van der Waals surface area (Å²) in [6.45, 7) is 2.00. The molecule has 134 valence electrons. The van der Waals surface area contributed by atoms with Crippen molar-refractivity contribution in [1.82, 2.24) is 9.80 Å². The van der Waals surface area contributed by atoms with Gasteiger partial charge in [0, 0.05) is 21.1 Å². The number of carbonyl (C=O) groups is 2. The van der Waals surface area contributed by atoms with Gasteiger partial charge < -0.3 is 19.9 Å². The Kier molecular flexibility index (Phi) is 5.74. The highest BCUT2D eigenvalue weighted by Gasteiger charge is 2.26. The molecule has 1 heterocycles. The first kappa shape index (κ1) is 18.4. The average Bonchev–Trinajstić information content (AvgIpc) is 2.66. The topological polar surface area (TPSA) is 74.2 Å². The molecule has 7 nitrogen and oxygen atoms in total. The predicted molar refractivity (Wildman–Crippen MR) is 92.8 cm³/mol. The van der Waals surface area contributed by atoms with Crippen LogP contribution in [-0.2, 0) is 9.53 Å². The van der Waals surface area contributed by atoms with Gasteiger partial charge in [0.05, 0.1) is 36.4 Å². The van der Waals surface area contributed by atoms with Crippen LogP contribution < -0.4 is 5.32 Å². The molecule has 0 aliphatic carbocycles. The summed E-state index contributed by atoms with van der Waals surface area (Å²) in [7, 11) is 5.11. The standard InChI is InChI=1S/C17H21FN4O3/c1-5-25-17(24)15(19-10-21(2)3)14-9-22(4)16(23)12-8-11(18)6-7-13(12)20-14/h6-8,10,20H,5,9H2,1-4H3/b15-14-,19-10?. The fourth-order valence-corrected chi connectivity index (χ4v) is 2.28. The average molecular weight is 348 g/mol. The van der Waals surface area contributed by atoms with Gasteiger partial charge in [-0.15, -0.1) is 0 Å². The molecule has 25 heavy (non-hydrogen) atoms. The zero-order valence-corrected chi connectivity index (χ0v) is 14.7. The van der Waals surface area contributed by atoms with Crippen LogP contribution >= 0.6 is 0 Å². The van der Waals surface area contributed by atoms with E-state index in [1.54, 1.807) is 33.0 Å². The molecule has 1 aliphatic heterocycles. The van der Waals surface area contributed by atoms with Gasteiger partial charge in [0.25, 0.3) is 5.91 Å². The minimum absolute atomic E-state index is 0.0624. The lowest BCUT2D eigenvalue weighted by Gasteiger charge is -2.16. The van der Waals surface area contributed by atoms with E-state index in [0.717, 1.165) is 6.07 Å². The number of benzene rings is 1. The first-order chi connectivity index (χ1) is 11.8. The van der Waals surface area contributed by atoms with Crippen LogP contribution in [0.5, 0.6) is 0 Å². The third kappa shape index (κ3) is 4.34. The summed E-state index contributed by atoms with van der Waals surface area (Å²) in [6, 6.07) is 3.87. The van der Waals surface area contributed by atoms with Crippen LogP contribution in [-0.4, -0.2) is 62.3 Å². The summed E-state index contributed by atoms with van der Waals surface area (Å²) in [6.07, 6.45) is 1.47. The molecule has 0 spiro atoms. The number of ether oxygens (including phenoxy) is 1. The number of nitrogens with zero attached hydrogens (tertiary/aromatic N) is 3. The summed E-state index contributed by atoms with van der Waals surface area (Å²) >= 11 is 0. The molecule has 1 aliphatic rings. The molecule has 2 rings (SSSR count). The molecule has 0 atom stereocenters. The number of hydrogen-bond donors (Lipinski definition) is 1. The molecule has 0 radical (unpaired) electrons. The largest absolute Gasteiger partial charge is 0.461 e. The van der Waals surface area contributed by atoms with Gasteiger partial charge in [-0.05, 0) is 25.1 Å². The number of hydrogen-bond acceptors (Lipinski definition) is 5.